The van der Waals surface area contributed by atoms with Gasteiger partial charge in [0.2, 0.25) is 0 Å². The van der Waals surface area contributed by atoms with Gasteiger partial charge in [0, 0.05) is 22.4 Å². The van der Waals surface area contributed by atoms with Crippen LogP contribution in [0.15, 0.2) is 29.2 Å². The standard InChI is InChI=1S/C16H20N2S2/c1-11-4-3-5-14(8-11)19-10-16-18-12(2)15(20-16)9-17-13-6-7-13/h3-5,8,13,17H,6-7,9-10H2,1-2H3. The summed E-state index contributed by atoms with van der Waals surface area (Å²) in [5, 5.41) is 4.81. The molecule has 106 valence electrons. The maximum Gasteiger partial charge on any atom is 0.103 e. The zero-order valence-corrected chi connectivity index (χ0v) is 13.6. The van der Waals surface area contributed by atoms with Crippen LogP contribution in [0, 0.1) is 13.8 Å². The zero-order valence-electron chi connectivity index (χ0n) is 12.0. The molecule has 20 heavy (non-hydrogen) atoms. The maximum absolute atomic E-state index is 4.70. The van der Waals surface area contributed by atoms with Crippen LogP contribution in [0.2, 0.25) is 0 Å². The van der Waals surface area contributed by atoms with Crippen molar-refractivity contribution in [1.82, 2.24) is 10.3 Å². The highest BCUT2D eigenvalue weighted by Gasteiger charge is 2.21. The second kappa shape index (κ2) is 6.29. The Morgan fingerprint density at radius 2 is 2.20 bits per heavy atom. The summed E-state index contributed by atoms with van der Waals surface area (Å²) in [4.78, 5) is 7.43. The van der Waals surface area contributed by atoms with Gasteiger partial charge in [-0.3, -0.25) is 0 Å². The van der Waals surface area contributed by atoms with Crippen LogP contribution in [0.4, 0.5) is 0 Å². The second-order valence-corrected chi connectivity index (χ2v) is 7.59. The molecule has 1 aromatic carbocycles. The van der Waals surface area contributed by atoms with Gasteiger partial charge in [-0.2, -0.15) is 0 Å². The first-order chi connectivity index (χ1) is 9.70. The normalized spacial score (nSPS) is 14.7. The van der Waals surface area contributed by atoms with Crippen molar-refractivity contribution < 1.29 is 0 Å². The first-order valence-electron chi connectivity index (χ1n) is 7.09. The molecule has 0 saturated heterocycles. The number of thioether (sulfide) groups is 1. The van der Waals surface area contributed by atoms with Crippen molar-refractivity contribution in [1.29, 1.82) is 0 Å². The SMILES string of the molecule is Cc1cccc(SCc2nc(C)c(CNC3CC3)s2)c1. The minimum Gasteiger partial charge on any atom is -0.309 e. The van der Waals surface area contributed by atoms with Crippen molar-refractivity contribution >= 4 is 23.1 Å². The molecular weight excluding hydrogens is 284 g/mol. The van der Waals surface area contributed by atoms with Crippen molar-refractivity contribution in [3.8, 4) is 0 Å². The Kier molecular flexibility index (Phi) is 4.44. The monoisotopic (exact) mass is 304 g/mol. The highest BCUT2D eigenvalue weighted by molar-refractivity contribution is 7.98. The average molecular weight is 304 g/mol. The van der Waals surface area contributed by atoms with Crippen molar-refractivity contribution in [2.24, 2.45) is 0 Å². The predicted molar refractivity (Wildman–Crippen MR) is 87.5 cm³/mol. The van der Waals surface area contributed by atoms with E-state index in [2.05, 4.69) is 43.4 Å². The first kappa shape index (κ1) is 14.1. The molecule has 0 atom stereocenters. The van der Waals surface area contributed by atoms with E-state index in [4.69, 9.17) is 4.98 Å². The Morgan fingerprint density at radius 3 is 2.95 bits per heavy atom. The van der Waals surface area contributed by atoms with Gasteiger partial charge in [-0.05, 0) is 38.8 Å². The van der Waals surface area contributed by atoms with Crippen molar-refractivity contribution in [2.45, 2.75) is 49.9 Å². The molecule has 1 heterocycles. The van der Waals surface area contributed by atoms with Crippen LogP contribution in [-0.4, -0.2) is 11.0 Å². The minimum atomic E-state index is 0.765. The molecule has 0 radical (unpaired) electrons. The molecule has 1 fully saturated rings. The molecule has 0 spiro atoms. The number of benzene rings is 1. The van der Waals surface area contributed by atoms with E-state index in [9.17, 15) is 0 Å². The van der Waals surface area contributed by atoms with E-state index in [1.165, 1.54) is 38.9 Å². The van der Waals surface area contributed by atoms with Gasteiger partial charge >= 0.3 is 0 Å². The summed E-state index contributed by atoms with van der Waals surface area (Å²) in [6.45, 7) is 5.25. The Morgan fingerprint density at radius 1 is 1.35 bits per heavy atom. The lowest BCUT2D eigenvalue weighted by Crippen LogP contribution is -2.14. The summed E-state index contributed by atoms with van der Waals surface area (Å²) >= 11 is 3.73. The third kappa shape index (κ3) is 3.84. The third-order valence-electron chi connectivity index (χ3n) is 3.42. The number of nitrogens with one attached hydrogen (secondary N) is 1. The largest absolute Gasteiger partial charge is 0.309 e. The number of nitrogens with zero attached hydrogens (tertiary/aromatic N) is 1. The fourth-order valence-electron chi connectivity index (χ4n) is 2.09. The molecule has 4 heteroatoms. The fraction of sp³-hybridized carbons (Fsp3) is 0.438. The average Bonchev–Trinajstić information content (AvgIpc) is 3.18. The topological polar surface area (TPSA) is 24.9 Å². The smallest absolute Gasteiger partial charge is 0.103 e. The van der Waals surface area contributed by atoms with E-state index >= 15 is 0 Å². The summed E-state index contributed by atoms with van der Waals surface area (Å²) in [7, 11) is 0. The van der Waals surface area contributed by atoms with Crippen molar-refractivity contribution in [3.63, 3.8) is 0 Å². The van der Waals surface area contributed by atoms with Gasteiger partial charge in [0.1, 0.15) is 5.01 Å². The van der Waals surface area contributed by atoms with E-state index < -0.39 is 0 Å². The van der Waals surface area contributed by atoms with Crippen LogP contribution >= 0.6 is 23.1 Å². The zero-order chi connectivity index (χ0) is 13.9. The lowest BCUT2D eigenvalue weighted by molar-refractivity contribution is 0.691. The summed E-state index contributed by atoms with van der Waals surface area (Å²) in [6.07, 6.45) is 2.68. The van der Waals surface area contributed by atoms with Gasteiger partial charge in [-0.1, -0.05) is 17.7 Å². The predicted octanol–water partition coefficient (Wildman–Crippen LogP) is 4.30. The number of hydrogen-bond donors (Lipinski definition) is 1. The van der Waals surface area contributed by atoms with Gasteiger partial charge in [-0.15, -0.1) is 23.1 Å². The highest BCUT2D eigenvalue weighted by Crippen LogP contribution is 2.28. The number of rotatable bonds is 6. The molecule has 2 nitrogen and oxygen atoms in total. The number of thiazole rings is 1. The molecule has 1 aromatic heterocycles. The van der Waals surface area contributed by atoms with Crippen LogP contribution in [-0.2, 0) is 12.3 Å². The van der Waals surface area contributed by atoms with Gasteiger partial charge < -0.3 is 5.32 Å². The number of aromatic nitrogens is 1. The molecule has 3 rings (SSSR count). The third-order valence-corrected chi connectivity index (χ3v) is 5.76. The van der Waals surface area contributed by atoms with E-state index in [0.29, 0.717) is 0 Å². The molecule has 0 aliphatic heterocycles. The van der Waals surface area contributed by atoms with Crippen LogP contribution in [0.25, 0.3) is 0 Å². The number of hydrogen-bond acceptors (Lipinski definition) is 4. The van der Waals surface area contributed by atoms with Crippen LogP contribution in [0.5, 0.6) is 0 Å². The Bertz CT molecular complexity index is 588. The van der Waals surface area contributed by atoms with E-state index in [0.717, 1.165) is 18.3 Å². The van der Waals surface area contributed by atoms with Crippen LogP contribution in [0.1, 0.15) is 34.0 Å². The molecule has 2 aromatic rings. The lowest BCUT2D eigenvalue weighted by Gasteiger charge is -2.00. The van der Waals surface area contributed by atoms with Crippen molar-refractivity contribution in [3.05, 3.63) is 45.4 Å². The molecule has 0 bridgehead atoms. The molecule has 0 amide bonds. The van der Waals surface area contributed by atoms with E-state index in [1.54, 1.807) is 0 Å². The molecule has 1 saturated carbocycles. The molecule has 1 aliphatic carbocycles. The van der Waals surface area contributed by atoms with Crippen LogP contribution < -0.4 is 5.32 Å². The summed E-state index contributed by atoms with van der Waals surface area (Å²) in [5.74, 6) is 0.971. The molecule has 0 unspecified atom stereocenters. The van der Waals surface area contributed by atoms with Gasteiger partial charge in [-0.25, -0.2) is 4.98 Å². The lowest BCUT2D eigenvalue weighted by atomic mass is 10.2. The Balaban J connectivity index is 1.58. The van der Waals surface area contributed by atoms with E-state index in [1.807, 2.05) is 23.1 Å². The second-order valence-electron chi connectivity index (χ2n) is 5.38. The Hall–Kier alpha value is -0.840. The quantitative estimate of drug-likeness (QED) is 0.805. The van der Waals surface area contributed by atoms with Crippen molar-refractivity contribution in [2.75, 3.05) is 0 Å². The summed E-state index contributed by atoms with van der Waals surface area (Å²) in [6, 6.07) is 9.44. The Labute approximate surface area is 129 Å². The van der Waals surface area contributed by atoms with Crippen LogP contribution in [0.3, 0.4) is 0 Å². The highest BCUT2D eigenvalue weighted by atomic mass is 32.2. The molecule has 1 N–H and O–H groups in total. The summed E-state index contributed by atoms with van der Waals surface area (Å²) < 4.78 is 0. The maximum atomic E-state index is 4.70. The van der Waals surface area contributed by atoms with Gasteiger partial charge in [0.25, 0.3) is 0 Å². The first-order valence-corrected chi connectivity index (χ1v) is 8.89. The fourth-order valence-corrected chi connectivity index (χ4v) is 4.12. The molecular formula is C16H20N2S2. The minimum absolute atomic E-state index is 0.765. The van der Waals surface area contributed by atoms with E-state index in [-0.39, 0.29) is 0 Å². The number of aryl methyl sites for hydroxylation is 2. The summed E-state index contributed by atoms with van der Waals surface area (Å²) in [5.41, 5.74) is 2.52. The van der Waals surface area contributed by atoms with Gasteiger partial charge in [0.05, 0.1) is 11.4 Å². The molecule has 1 aliphatic rings. The van der Waals surface area contributed by atoms with Gasteiger partial charge in [0.15, 0.2) is 0 Å².